The third-order valence-corrected chi connectivity index (χ3v) is 5.46. The first-order chi connectivity index (χ1) is 12.1. The standard InChI is InChI=1S/C17H21N5O3/c1-25-17-6-5-12(23)9-14(17)22(8-7-17)16(24)13-3-2-4-15(20-13)21-10-18-19-11-21/h2-4,10-12,14,23H,5-9H2,1H3/t12-,14+,17-/m1/s1. The molecule has 2 fully saturated rings. The number of amides is 1. The van der Waals surface area contributed by atoms with Crippen LogP contribution in [0.5, 0.6) is 0 Å². The Morgan fingerprint density at radius 1 is 1.32 bits per heavy atom. The van der Waals surface area contributed by atoms with Crippen molar-refractivity contribution in [2.75, 3.05) is 13.7 Å². The predicted octanol–water partition coefficient (Wildman–Crippen LogP) is 0.807. The third-order valence-electron chi connectivity index (χ3n) is 5.46. The number of aliphatic hydroxyl groups excluding tert-OH is 1. The van der Waals surface area contributed by atoms with E-state index in [1.54, 1.807) is 42.5 Å². The number of ether oxygens (including phenoxy) is 1. The lowest BCUT2D eigenvalue weighted by Gasteiger charge is -2.42. The summed E-state index contributed by atoms with van der Waals surface area (Å²) in [6, 6.07) is 5.19. The molecule has 1 aliphatic carbocycles. The van der Waals surface area contributed by atoms with Crippen LogP contribution in [0.15, 0.2) is 30.9 Å². The monoisotopic (exact) mass is 343 g/mol. The molecule has 132 valence electrons. The van der Waals surface area contributed by atoms with Crippen LogP contribution in [0.25, 0.3) is 5.82 Å². The fourth-order valence-corrected chi connectivity index (χ4v) is 4.07. The molecule has 4 rings (SSSR count). The van der Waals surface area contributed by atoms with Gasteiger partial charge in [-0.2, -0.15) is 0 Å². The second-order valence-electron chi connectivity index (χ2n) is 6.71. The number of fused-ring (bicyclic) bond motifs is 1. The number of methoxy groups -OCH3 is 1. The highest BCUT2D eigenvalue weighted by Crippen LogP contribution is 2.42. The number of hydrogen-bond acceptors (Lipinski definition) is 6. The van der Waals surface area contributed by atoms with Crippen molar-refractivity contribution in [2.45, 2.75) is 43.4 Å². The van der Waals surface area contributed by atoms with Crippen molar-refractivity contribution in [2.24, 2.45) is 0 Å². The van der Waals surface area contributed by atoms with Crippen LogP contribution < -0.4 is 0 Å². The second-order valence-corrected chi connectivity index (χ2v) is 6.71. The molecule has 3 heterocycles. The number of aromatic nitrogens is 4. The number of nitrogens with zero attached hydrogens (tertiary/aromatic N) is 5. The van der Waals surface area contributed by atoms with Gasteiger partial charge in [-0.05, 0) is 37.8 Å². The maximum Gasteiger partial charge on any atom is 0.272 e. The van der Waals surface area contributed by atoms with E-state index in [0.29, 0.717) is 30.9 Å². The number of aliphatic hydroxyl groups is 1. The minimum absolute atomic E-state index is 0.117. The summed E-state index contributed by atoms with van der Waals surface area (Å²) < 4.78 is 7.46. The van der Waals surface area contributed by atoms with Gasteiger partial charge in [-0.25, -0.2) is 4.98 Å². The molecule has 0 bridgehead atoms. The van der Waals surface area contributed by atoms with Crippen LogP contribution in [0.4, 0.5) is 0 Å². The molecule has 8 nitrogen and oxygen atoms in total. The summed E-state index contributed by atoms with van der Waals surface area (Å²) in [5.41, 5.74) is 0.0268. The van der Waals surface area contributed by atoms with Gasteiger partial charge in [0.15, 0.2) is 0 Å². The third kappa shape index (κ3) is 2.71. The summed E-state index contributed by atoms with van der Waals surface area (Å²) in [7, 11) is 1.70. The van der Waals surface area contributed by atoms with E-state index in [1.165, 1.54) is 0 Å². The van der Waals surface area contributed by atoms with Gasteiger partial charge in [-0.15, -0.1) is 10.2 Å². The fourth-order valence-electron chi connectivity index (χ4n) is 4.07. The Hall–Kier alpha value is -2.32. The summed E-state index contributed by atoms with van der Waals surface area (Å²) in [5.74, 6) is 0.463. The lowest BCUT2D eigenvalue weighted by atomic mass is 9.79. The quantitative estimate of drug-likeness (QED) is 0.886. The summed E-state index contributed by atoms with van der Waals surface area (Å²) in [6.07, 6.45) is 5.52. The Kier molecular flexibility index (Phi) is 4.01. The molecule has 2 aromatic rings. The first-order valence-corrected chi connectivity index (χ1v) is 8.49. The van der Waals surface area contributed by atoms with Gasteiger partial charge in [0, 0.05) is 13.7 Å². The molecule has 0 radical (unpaired) electrons. The Labute approximate surface area is 145 Å². The molecule has 1 saturated carbocycles. The van der Waals surface area contributed by atoms with E-state index in [9.17, 15) is 9.90 Å². The summed E-state index contributed by atoms with van der Waals surface area (Å²) >= 11 is 0. The van der Waals surface area contributed by atoms with Crippen LogP contribution in [0.1, 0.15) is 36.2 Å². The summed E-state index contributed by atoms with van der Waals surface area (Å²) in [4.78, 5) is 19.3. The first-order valence-electron chi connectivity index (χ1n) is 8.49. The van der Waals surface area contributed by atoms with E-state index in [1.807, 2.05) is 4.90 Å². The highest BCUT2D eigenvalue weighted by molar-refractivity contribution is 5.93. The second kappa shape index (κ2) is 6.20. The van der Waals surface area contributed by atoms with Gasteiger partial charge in [-0.1, -0.05) is 6.07 Å². The molecule has 1 aliphatic heterocycles. The number of rotatable bonds is 3. The minimum atomic E-state index is -0.391. The van der Waals surface area contributed by atoms with Crippen molar-refractivity contribution in [1.82, 2.24) is 24.6 Å². The molecule has 2 aromatic heterocycles. The van der Waals surface area contributed by atoms with E-state index < -0.39 is 6.10 Å². The average Bonchev–Trinajstić information content (AvgIpc) is 3.29. The van der Waals surface area contributed by atoms with Crippen LogP contribution in [0.2, 0.25) is 0 Å². The van der Waals surface area contributed by atoms with E-state index in [0.717, 1.165) is 12.8 Å². The molecule has 8 heteroatoms. The molecule has 2 aliphatic rings. The van der Waals surface area contributed by atoms with Crippen molar-refractivity contribution in [1.29, 1.82) is 0 Å². The van der Waals surface area contributed by atoms with Crippen LogP contribution in [-0.2, 0) is 4.74 Å². The largest absolute Gasteiger partial charge is 0.393 e. The van der Waals surface area contributed by atoms with E-state index >= 15 is 0 Å². The number of carbonyl (C=O) groups is 1. The predicted molar refractivity (Wildman–Crippen MR) is 88.2 cm³/mol. The highest BCUT2D eigenvalue weighted by atomic mass is 16.5. The Bertz CT molecular complexity index is 765. The number of likely N-dealkylation sites (tertiary alicyclic amines) is 1. The van der Waals surface area contributed by atoms with Gasteiger partial charge < -0.3 is 14.7 Å². The van der Waals surface area contributed by atoms with Crippen molar-refractivity contribution in [3.8, 4) is 5.82 Å². The first kappa shape index (κ1) is 16.2. The summed E-state index contributed by atoms with van der Waals surface area (Å²) in [6.45, 7) is 0.614. The van der Waals surface area contributed by atoms with Crippen molar-refractivity contribution in [3.05, 3.63) is 36.5 Å². The van der Waals surface area contributed by atoms with Crippen molar-refractivity contribution < 1.29 is 14.6 Å². The van der Waals surface area contributed by atoms with Crippen LogP contribution in [0, 0.1) is 0 Å². The van der Waals surface area contributed by atoms with Crippen molar-refractivity contribution >= 4 is 5.91 Å². The lowest BCUT2D eigenvalue weighted by Crippen LogP contribution is -2.52. The zero-order valence-electron chi connectivity index (χ0n) is 14.1. The molecule has 3 atom stereocenters. The zero-order chi connectivity index (χ0) is 17.4. The fraction of sp³-hybridized carbons (Fsp3) is 0.529. The normalized spacial score (nSPS) is 28.8. The average molecular weight is 343 g/mol. The molecule has 1 saturated heterocycles. The van der Waals surface area contributed by atoms with Crippen molar-refractivity contribution in [3.63, 3.8) is 0 Å². The SMILES string of the molecule is CO[C@@]12CC[C@@H](O)C[C@@H]1N(C(=O)c1cccc(-n3cnnc3)n1)CC2. The molecule has 0 unspecified atom stereocenters. The molecule has 0 aromatic carbocycles. The van der Waals surface area contributed by atoms with Crippen LogP contribution in [-0.4, -0.2) is 67.1 Å². The highest BCUT2D eigenvalue weighted by Gasteiger charge is 2.52. The molecule has 0 spiro atoms. The van der Waals surface area contributed by atoms with E-state index in [4.69, 9.17) is 4.74 Å². The minimum Gasteiger partial charge on any atom is -0.393 e. The van der Waals surface area contributed by atoms with Gasteiger partial charge in [0.2, 0.25) is 0 Å². The smallest absolute Gasteiger partial charge is 0.272 e. The molecular weight excluding hydrogens is 322 g/mol. The number of pyridine rings is 1. The Morgan fingerprint density at radius 3 is 2.88 bits per heavy atom. The maximum atomic E-state index is 13.1. The Balaban J connectivity index is 1.62. The zero-order valence-corrected chi connectivity index (χ0v) is 14.1. The summed E-state index contributed by atoms with van der Waals surface area (Å²) in [5, 5.41) is 17.6. The van der Waals surface area contributed by atoms with Crippen LogP contribution >= 0.6 is 0 Å². The molecule has 25 heavy (non-hydrogen) atoms. The van der Waals surface area contributed by atoms with Gasteiger partial charge >= 0.3 is 0 Å². The van der Waals surface area contributed by atoms with Gasteiger partial charge in [-0.3, -0.25) is 9.36 Å². The van der Waals surface area contributed by atoms with E-state index in [-0.39, 0.29) is 17.6 Å². The van der Waals surface area contributed by atoms with Gasteiger partial charge in [0.25, 0.3) is 5.91 Å². The Morgan fingerprint density at radius 2 is 2.12 bits per heavy atom. The molecule has 1 N–H and O–H groups in total. The number of hydrogen-bond donors (Lipinski definition) is 1. The van der Waals surface area contributed by atoms with E-state index in [2.05, 4.69) is 15.2 Å². The topological polar surface area (TPSA) is 93.4 Å². The molecular formula is C17H21N5O3. The van der Waals surface area contributed by atoms with Crippen LogP contribution in [0.3, 0.4) is 0 Å². The van der Waals surface area contributed by atoms with Gasteiger partial charge in [0.05, 0.1) is 17.7 Å². The van der Waals surface area contributed by atoms with Gasteiger partial charge in [0.1, 0.15) is 24.2 Å². The number of carbonyl (C=O) groups excluding carboxylic acids is 1. The maximum absolute atomic E-state index is 13.1. The molecule has 1 amide bonds. The lowest BCUT2D eigenvalue weighted by molar-refractivity contribution is -0.0824.